The molecule has 224 valence electrons. The number of benzene rings is 1. The summed E-state index contributed by atoms with van der Waals surface area (Å²) in [6.07, 6.45) is 3.16. The van der Waals surface area contributed by atoms with Gasteiger partial charge in [0.2, 0.25) is 11.8 Å². The Morgan fingerprint density at radius 1 is 1.07 bits per heavy atom. The number of hydrogen-bond acceptors (Lipinski definition) is 11. The Morgan fingerprint density at radius 3 is 2.52 bits per heavy atom. The van der Waals surface area contributed by atoms with Crippen LogP contribution in [0.25, 0.3) is 0 Å². The average molecular weight is 584 g/mol. The summed E-state index contributed by atoms with van der Waals surface area (Å²) in [6, 6.07) is 3.71. The van der Waals surface area contributed by atoms with E-state index in [-0.39, 0.29) is 69.3 Å². The first-order valence-electron chi connectivity index (χ1n) is 13.5. The summed E-state index contributed by atoms with van der Waals surface area (Å²) in [6.45, 7) is 6.03. The number of piperidine rings is 1. The van der Waals surface area contributed by atoms with Gasteiger partial charge in [-0.1, -0.05) is 6.07 Å². The van der Waals surface area contributed by atoms with Crippen molar-refractivity contribution in [1.82, 2.24) is 15.5 Å². The van der Waals surface area contributed by atoms with E-state index in [1.807, 2.05) is 0 Å². The third-order valence-electron chi connectivity index (χ3n) is 6.34. The lowest BCUT2D eigenvalue weighted by atomic mass is 10.0. The van der Waals surface area contributed by atoms with Gasteiger partial charge in [0.15, 0.2) is 0 Å². The molecule has 3 aliphatic rings. The Hall–Kier alpha value is -4.43. The minimum absolute atomic E-state index is 0.0150. The molecule has 0 bridgehead atoms. The maximum Gasteiger partial charge on any atom is 0.332 e. The fourth-order valence-corrected chi connectivity index (χ4v) is 4.53. The summed E-state index contributed by atoms with van der Waals surface area (Å²) in [4.78, 5) is 81.2. The molecule has 0 radical (unpaired) electrons. The lowest BCUT2D eigenvalue weighted by Gasteiger charge is -2.28. The van der Waals surface area contributed by atoms with Crippen molar-refractivity contribution in [3.63, 3.8) is 0 Å². The summed E-state index contributed by atoms with van der Waals surface area (Å²) in [5.74, 6) is -3.23. The number of fused-ring (bicyclic) bond motifs is 1. The zero-order chi connectivity index (χ0) is 30.4. The molecule has 0 aliphatic carbocycles. The van der Waals surface area contributed by atoms with Crippen LogP contribution in [-0.2, 0) is 33.4 Å². The van der Waals surface area contributed by atoms with Crippen LogP contribution in [-0.4, -0.2) is 97.4 Å². The first-order valence-corrected chi connectivity index (χ1v) is 13.5. The van der Waals surface area contributed by atoms with Crippen LogP contribution in [0.15, 0.2) is 35.5 Å². The molecule has 42 heavy (non-hydrogen) atoms. The molecule has 3 aliphatic heterocycles. The number of nitrogens with one attached hydrogen (secondary N) is 2. The lowest BCUT2D eigenvalue weighted by Crippen LogP contribution is -2.54. The summed E-state index contributed by atoms with van der Waals surface area (Å²) in [5, 5.41) is 4.88. The second-order valence-electron chi connectivity index (χ2n) is 10.6. The molecule has 2 N–H and O–H groups in total. The van der Waals surface area contributed by atoms with Crippen molar-refractivity contribution in [3.8, 4) is 0 Å². The summed E-state index contributed by atoms with van der Waals surface area (Å²) >= 11 is 0. The van der Waals surface area contributed by atoms with Crippen molar-refractivity contribution in [2.75, 3.05) is 44.5 Å². The number of rotatable bonds is 11. The molecule has 0 saturated carbocycles. The number of esters is 1. The second-order valence-corrected chi connectivity index (χ2v) is 10.6. The monoisotopic (exact) mass is 583 g/mol. The number of anilines is 1. The van der Waals surface area contributed by atoms with Gasteiger partial charge < -0.3 is 24.4 Å². The molecule has 4 rings (SSSR count). The van der Waals surface area contributed by atoms with E-state index >= 15 is 0 Å². The molecule has 1 saturated heterocycles. The van der Waals surface area contributed by atoms with Gasteiger partial charge in [-0.2, -0.15) is 0 Å². The number of carbonyl (C=O) groups is 6. The Labute approximate surface area is 242 Å². The van der Waals surface area contributed by atoms with Crippen LogP contribution >= 0.6 is 0 Å². The molecule has 1 atom stereocenters. The van der Waals surface area contributed by atoms with Gasteiger partial charge in [-0.05, 0) is 45.4 Å². The van der Waals surface area contributed by atoms with Gasteiger partial charge in [-0.25, -0.2) is 4.79 Å². The molecule has 1 aromatic carbocycles. The van der Waals surface area contributed by atoms with Crippen LogP contribution in [0.2, 0.25) is 0 Å². The minimum atomic E-state index is -1.07. The number of nitrogens with zero attached hydrogens (tertiary/aromatic N) is 3. The molecule has 1 fully saturated rings. The number of hydrogen-bond donors (Lipinski definition) is 2. The van der Waals surface area contributed by atoms with E-state index < -0.39 is 47.1 Å². The second kappa shape index (κ2) is 13.0. The van der Waals surface area contributed by atoms with Gasteiger partial charge >= 0.3 is 5.97 Å². The molecule has 0 aromatic heterocycles. The topological polar surface area (TPSA) is 173 Å². The molecule has 1 aromatic rings. The Kier molecular flexibility index (Phi) is 9.48. The molecule has 0 spiro atoms. The van der Waals surface area contributed by atoms with Gasteiger partial charge in [0.25, 0.3) is 17.7 Å². The van der Waals surface area contributed by atoms with Crippen LogP contribution in [0.4, 0.5) is 5.69 Å². The van der Waals surface area contributed by atoms with Gasteiger partial charge in [0, 0.05) is 19.2 Å². The first-order chi connectivity index (χ1) is 20.0. The lowest BCUT2D eigenvalue weighted by molar-refractivity contribution is -0.160. The zero-order valence-electron chi connectivity index (χ0n) is 23.6. The van der Waals surface area contributed by atoms with Gasteiger partial charge in [-0.15, -0.1) is 0 Å². The third-order valence-corrected chi connectivity index (χ3v) is 6.34. The van der Waals surface area contributed by atoms with Gasteiger partial charge in [0.05, 0.1) is 36.6 Å². The quantitative estimate of drug-likeness (QED) is 0.210. The van der Waals surface area contributed by atoms with Crippen LogP contribution in [0.1, 0.15) is 54.3 Å². The van der Waals surface area contributed by atoms with Crippen LogP contribution < -0.4 is 15.5 Å². The standard InChI is InChI=1S/C28H33N5O9/c1-28(2,3)42-22(35)15-41-14-13-40-12-10-29-24(36)18-9-11-32(16-30-18)19-6-4-5-17-23(19)27(39)33(26(17)38)20-7-8-21(34)31-25(20)37/h4-6,9,11,20H,7-8,10,12-16H2,1-3H3,(H,29,36)(H,31,34,37). The van der Waals surface area contributed by atoms with Crippen molar-refractivity contribution in [2.45, 2.75) is 45.3 Å². The van der Waals surface area contributed by atoms with E-state index in [0.29, 0.717) is 5.69 Å². The number of amides is 5. The largest absolute Gasteiger partial charge is 0.458 e. The fraction of sp³-hybridized carbons (Fsp3) is 0.464. The van der Waals surface area contributed by atoms with Gasteiger partial charge in [-0.3, -0.25) is 39.2 Å². The van der Waals surface area contributed by atoms with E-state index in [0.717, 1.165) is 4.90 Å². The van der Waals surface area contributed by atoms with Gasteiger partial charge in [0.1, 0.15) is 30.6 Å². The van der Waals surface area contributed by atoms with Crippen molar-refractivity contribution in [1.29, 1.82) is 0 Å². The highest BCUT2D eigenvalue weighted by Gasteiger charge is 2.46. The van der Waals surface area contributed by atoms with Crippen LogP contribution in [0.3, 0.4) is 0 Å². The maximum atomic E-state index is 13.3. The summed E-state index contributed by atoms with van der Waals surface area (Å²) < 4.78 is 15.7. The Bertz CT molecular complexity index is 1350. The van der Waals surface area contributed by atoms with Crippen molar-refractivity contribution < 1.29 is 43.0 Å². The summed E-state index contributed by atoms with van der Waals surface area (Å²) in [7, 11) is 0. The van der Waals surface area contributed by atoms with E-state index in [4.69, 9.17) is 14.2 Å². The first kappa shape index (κ1) is 30.5. The number of carbonyl (C=O) groups excluding carboxylic acids is 6. The minimum Gasteiger partial charge on any atom is -0.458 e. The molecule has 14 heteroatoms. The average Bonchev–Trinajstić information content (AvgIpc) is 3.19. The van der Waals surface area contributed by atoms with E-state index in [1.54, 1.807) is 44.0 Å². The third kappa shape index (κ3) is 7.25. The van der Waals surface area contributed by atoms with Crippen molar-refractivity contribution >= 4 is 46.9 Å². The molecular formula is C28H33N5O9. The summed E-state index contributed by atoms with van der Waals surface area (Å²) in [5.41, 5.74) is 0.285. The highest BCUT2D eigenvalue weighted by atomic mass is 16.6. The van der Waals surface area contributed by atoms with Crippen molar-refractivity contribution in [3.05, 3.63) is 41.6 Å². The van der Waals surface area contributed by atoms with E-state index in [2.05, 4.69) is 15.6 Å². The SMILES string of the molecule is CC(C)(C)OC(=O)COCCOCCNC(=O)C1=NCN(c2cccc3c2C(=O)N(C2CCC(=O)NC2=O)C3=O)C=C1. The highest BCUT2D eigenvalue weighted by molar-refractivity contribution is 6.43. The van der Waals surface area contributed by atoms with Crippen molar-refractivity contribution in [2.24, 2.45) is 4.99 Å². The molecule has 14 nitrogen and oxygen atoms in total. The smallest absolute Gasteiger partial charge is 0.332 e. The molecule has 5 amide bonds. The highest BCUT2D eigenvalue weighted by Crippen LogP contribution is 2.34. The Morgan fingerprint density at radius 2 is 1.83 bits per heavy atom. The van der Waals surface area contributed by atoms with E-state index in [1.165, 1.54) is 12.1 Å². The molecule has 3 heterocycles. The number of ether oxygens (including phenoxy) is 3. The normalized spacial score (nSPS) is 18.5. The molecular weight excluding hydrogens is 550 g/mol. The molecule has 1 unspecified atom stereocenters. The maximum absolute atomic E-state index is 13.3. The van der Waals surface area contributed by atoms with Crippen LogP contribution in [0.5, 0.6) is 0 Å². The Balaban J connectivity index is 1.24. The predicted molar refractivity (Wildman–Crippen MR) is 148 cm³/mol. The fourth-order valence-electron chi connectivity index (χ4n) is 4.53. The van der Waals surface area contributed by atoms with E-state index in [9.17, 15) is 28.8 Å². The predicted octanol–water partition coefficient (Wildman–Crippen LogP) is 0.311. The van der Waals surface area contributed by atoms with Crippen LogP contribution in [0, 0.1) is 0 Å². The zero-order valence-corrected chi connectivity index (χ0v) is 23.6. The number of imide groups is 2. The number of aliphatic imine (C=N–C) groups is 1.